The minimum Gasteiger partial charge on any atom is -0.425 e. The molecule has 3 aliphatic rings. The van der Waals surface area contributed by atoms with Gasteiger partial charge in [0.2, 0.25) is 11.8 Å². The van der Waals surface area contributed by atoms with Crippen molar-refractivity contribution in [2.75, 3.05) is 0 Å². The normalized spacial score (nSPS) is 28.0. The first kappa shape index (κ1) is 19.5. The monoisotopic (exact) mass is 467 g/mol. The lowest BCUT2D eigenvalue weighted by atomic mass is 9.81. The number of fused-ring (bicyclic) bond motifs is 5. The van der Waals surface area contributed by atoms with Crippen molar-refractivity contribution in [3.63, 3.8) is 0 Å². The Morgan fingerprint density at radius 3 is 2.17 bits per heavy atom. The molecule has 5 atom stereocenters. The van der Waals surface area contributed by atoms with Crippen molar-refractivity contribution in [3.05, 3.63) is 64.6 Å². The number of hydrogen-bond acceptors (Lipinski definition) is 4. The Labute approximate surface area is 183 Å². The molecule has 3 fully saturated rings. The molecule has 154 valence electrons. The summed E-state index contributed by atoms with van der Waals surface area (Å²) in [5, 5.41) is 0. The summed E-state index contributed by atoms with van der Waals surface area (Å²) in [4.78, 5) is 41.1. The second-order valence-corrected chi connectivity index (χ2v) is 9.43. The summed E-state index contributed by atoms with van der Waals surface area (Å²) in [6.07, 6.45) is 3.23. The zero-order valence-electron chi connectivity index (χ0n) is 16.4. The molecule has 0 N–H and O–H groups in total. The second kappa shape index (κ2) is 7.65. The van der Waals surface area contributed by atoms with Gasteiger partial charge in [-0.15, -0.1) is 0 Å². The van der Waals surface area contributed by atoms with Crippen molar-refractivity contribution in [2.45, 2.75) is 31.7 Å². The van der Waals surface area contributed by atoms with E-state index in [2.05, 4.69) is 15.9 Å². The van der Waals surface area contributed by atoms with Gasteiger partial charge in [0.25, 0.3) is 0 Å². The largest absolute Gasteiger partial charge is 0.425 e. The fourth-order valence-electron chi connectivity index (χ4n) is 5.54. The highest BCUT2D eigenvalue weighted by molar-refractivity contribution is 9.10. The van der Waals surface area contributed by atoms with E-state index in [-0.39, 0.29) is 41.9 Å². The summed E-state index contributed by atoms with van der Waals surface area (Å²) in [5.41, 5.74) is 0.885. The highest BCUT2D eigenvalue weighted by Crippen LogP contribution is 2.56. The summed E-state index contributed by atoms with van der Waals surface area (Å²) in [6.45, 7) is 0. The number of rotatable bonds is 5. The molecule has 1 saturated heterocycles. The quantitative estimate of drug-likeness (QED) is 0.378. The topological polar surface area (TPSA) is 63.7 Å². The lowest BCUT2D eigenvalue weighted by Crippen LogP contribution is -2.49. The van der Waals surface area contributed by atoms with Crippen LogP contribution in [0, 0.1) is 23.7 Å². The van der Waals surface area contributed by atoms with Crippen molar-refractivity contribution in [1.82, 2.24) is 4.90 Å². The first-order valence-corrected chi connectivity index (χ1v) is 11.2. The molecule has 2 bridgehead atoms. The molecule has 0 unspecified atom stereocenters. The van der Waals surface area contributed by atoms with Crippen LogP contribution in [0.15, 0.2) is 59.1 Å². The summed E-state index contributed by atoms with van der Waals surface area (Å²) in [6, 6.07) is 15.4. The molecule has 0 aromatic heterocycles. The van der Waals surface area contributed by atoms with Crippen LogP contribution in [-0.2, 0) is 20.8 Å². The number of ether oxygens (including phenoxy) is 1. The highest BCUT2D eigenvalue weighted by Gasteiger charge is 2.62. The van der Waals surface area contributed by atoms with Gasteiger partial charge >= 0.3 is 5.97 Å². The van der Waals surface area contributed by atoms with Gasteiger partial charge in [-0.3, -0.25) is 14.5 Å². The van der Waals surface area contributed by atoms with E-state index in [1.165, 1.54) is 4.90 Å². The maximum Gasteiger partial charge on any atom is 0.335 e. The number of carbonyl (C=O) groups excluding carboxylic acids is 3. The number of hydrogen-bond donors (Lipinski definition) is 0. The van der Waals surface area contributed by atoms with E-state index in [1.807, 2.05) is 30.3 Å². The molecule has 5 rings (SSSR count). The van der Waals surface area contributed by atoms with Crippen molar-refractivity contribution in [3.8, 4) is 5.75 Å². The predicted octanol–water partition coefficient (Wildman–Crippen LogP) is 4.00. The molecule has 0 spiro atoms. The molecular formula is C24H22BrNO4. The number of likely N-dealkylation sites (tertiary alicyclic amines) is 1. The van der Waals surface area contributed by atoms with Crippen molar-refractivity contribution in [2.24, 2.45) is 23.7 Å². The Bertz CT molecular complexity index is 962. The van der Waals surface area contributed by atoms with Crippen LogP contribution in [0.5, 0.6) is 5.75 Å². The number of halogens is 1. The minimum atomic E-state index is -0.957. The van der Waals surface area contributed by atoms with E-state index < -0.39 is 12.0 Å². The Morgan fingerprint density at radius 1 is 0.967 bits per heavy atom. The molecule has 2 aliphatic carbocycles. The molecule has 0 radical (unpaired) electrons. The molecule has 2 amide bonds. The SMILES string of the molecule is O=C(Oc1ccc(Br)cc1)[C@@H](Cc1ccccc1)N1C(=O)[C@H]2[C@@H]3CC[C@@H](C3)[C@@H]2C1=O. The predicted molar refractivity (Wildman–Crippen MR) is 113 cm³/mol. The van der Waals surface area contributed by atoms with Crippen molar-refractivity contribution < 1.29 is 19.1 Å². The molecule has 30 heavy (non-hydrogen) atoms. The molecule has 1 aliphatic heterocycles. The van der Waals surface area contributed by atoms with Gasteiger partial charge in [0.05, 0.1) is 11.8 Å². The van der Waals surface area contributed by atoms with Gasteiger partial charge in [-0.05, 0) is 60.9 Å². The molecule has 5 nitrogen and oxygen atoms in total. The third-order valence-electron chi connectivity index (χ3n) is 6.85. The molecule has 2 aromatic rings. The van der Waals surface area contributed by atoms with E-state index in [0.717, 1.165) is 29.3 Å². The maximum atomic E-state index is 13.3. The number of nitrogens with zero attached hydrogens (tertiary/aromatic N) is 1. The lowest BCUT2D eigenvalue weighted by Gasteiger charge is -2.26. The summed E-state index contributed by atoms with van der Waals surface area (Å²) in [5.74, 6) is -0.514. The second-order valence-electron chi connectivity index (χ2n) is 8.51. The zero-order valence-corrected chi connectivity index (χ0v) is 18.0. The average molecular weight is 468 g/mol. The Hall–Kier alpha value is -2.47. The van der Waals surface area contributed by atoms with Crippen LogP contribution in [-0.4, -0.2) is 28.7 Å². The van der Waals surface area contributed by atoms with Gasteiger partial charge in [-0.25, -0.2) is 4.79 Å². The number of imide groups is 1. The van der Waals surface area contributed by atoms with Gasteiger partial charge in [-0.2, -0.15) is 0 Å². The minimum absolute atomic E-state index is 0.189. The van der Waals surface area contributed by atoms with Gasteiger partial charge in [-0.1, -0.05) is 46.3 Å². The number of amides is 2. The Balaban J connectivity index is 1.45. The van der Waals surface area contributed by atoms with E-state index in [1.54, 1.807) is 24.3 Å². The standard InChI is InChI=1S/C24H22BrNO4/c25-17-8-10-18(11-9-17)30-24(29)19(12-14-4-2-1-3-5-14)26-22(27)20-15-6-7-16(13-15)21(20)23(26)28/h1-5,8-11,15-16,19-21H,6-7,12-13H2/t15-,16+,19-,20+,21+/m1/s1. The van der Waals surface area contributed by atoms with E-state index in [0.29, 0.717) is 5.75 Å². The van der Waals surface area contributed by atoms with Gasteiger partial charge in [0.1, 0.15) is 11.8 Å². The van der Waals surface area contributed by atoms with E-state index in [9.17, 15) is 14.4 Å². The van der Waals surface area contributed by atoms with Crippen LogP contribution < -0.4 is 4.74 Å². The summed E-state index contributed by atoms with van der Waals surface area (Å²) >= 11 is 3.36. The molecule has 6 heteroatoms. The van der Waals surface area contributed by atoms with Crippen molar-refractivity contribution >= 4 is 33.7 Å². The molecular weight excluding hydrogens is 446 g/mol. The number of esters is 1. The van der Waals surface area contributed by atoms with Gasteiger partial charge in [0.15, 0.2) is 0 Å². The van der Waals surface area contributed by atoms with E-state index >= 15 is 0 Å². The Morgan fingerprint density at radius 2 is 1.57 bits per heavy atom. The van der Waals surface area contributed by atoms with Crippen LogP contribution in [0.25, 0.3) is 0 Å². The van der Waals surface area contributed by atoms with Gasteiger partial charge in [0, 0.05) is 10.9 Å². The fourth-order valence-corrected chi connectivity index (χ4v) is 5.81. The first-order valence-electron chi connectivity index (χ1n) is 10.4. The fraction of sp³-hybridized carbons (Fsp3) is 0.375. The van der Waals surface area contributed by atoms with Crippen LogP contribution in [0.4, 0.5) is 0 Å². The molecule has 2 saturated carbocycles. The van der Waals surface area contributed by atoms with Crippen molar-refractivity contribution in [1.29, 1.82) is 0 Å². The number of benzene rings is 2. The number of carbonyl (C=O) groups is 3. The molecule has 2 aromatic carbocycles. The lowest BCUT2D eigenvalue weighted by molar-refractivity contribution is -0.154. The highest BCUT2D eigenvalue weighted by atomic mass is 79.9. The van der Waals surface area contributed by atoms with Crippen LogP contribution in [0.1, 0.15) is 24.8 Å². The smallest absolute Gasteiger partial charge is 0.335 e. The maximum absolute atomic E-state index is 13.3. The summed E-state index contributed by atoms with van der Waals surface area (Å²) in [7, 11) is 0. The third kappa shape index (κ3) is 3.27. The van der Waals surface area contributed by atoms with E-state index in [4.69, 9.17) is 4.74 Å². The third-order valence-corrected chi connectivity index (χ3v) is 7.38. The van der Waals surface area contributed by atoms with Gasteiger partial charge < -0.3 is 4.74 Å². The van der Waals surface area contributed by atoms with Crippen LogP contribution in [0.2, 0.25) is 0 Å². The van der Waals surface area contributed by atoms with Crippen LogP contribution in [0.3, 0.4) is 0 Å². The average Bonchev–Trinajstić information content (AvgIpc) is 3.43. The zero-order chi connectivity index (χ0) is 20.8. The van der Waals surface area contributed by atoms with Crippen LogP contribution >= 0.6 is 15.9 Å². The summed E-state index contributed by atoms with van der Waals surface area (Å²) < 4.78 is 6.47. The Kier molecular flexibility index (Phi) is 4.97. The first-order chi connectivity index (χ1) is 14.5. The molecule has 1 heterocycles.